The smallest absolute Gasteiger partial charge is 0.229 e. The lowest BCUT2D eigenvalue weighted by atomic mass is 9.85. The summed E-state index contributed by atoms with van der Waals surface area (Å²) in [6, 6.07) is 0. The summed E-state index contributed by atoms with van der Waals surface area (Å²) in [7, 11) is 0. The molecule has 1 atom stereocenters. The molecule has 17 heavy (non-hydrogen) atoms. The second-order valence-electron chi connectivity index (χ2n) is 5.35. The third-order valence-electron chi connectivity index (χ3n) is 3.89. The second kappa shape index (κ2) is 4.41. The third-order valence-corrected chi connectivity index (χ3v) is 4.93. The Bertz CT molecular complexity index is 437. The van der Waals surface area contributed by atoms with E-state index in [4.69, 9.17) is 0 Å². The first-order valence-electron chi connectivity index (χ1n) is 6.52. The van der Waals surface area contributed by atoms with Crippen molar-refractivity contribution < 1.29 is 4.79 Å². The van der Waals surface area contributed by atoms with Gasteiger partial charge in [0.15, 0.2) is 5.13 Å². The monoisotopic (exact) mass is 250 g/mol. The van der Waals surface area contributed by atoms with E-state index in [1.807, 2.05) is 0 Å². The normalized spacial score (nSPS) is 23.9. The standard InChI is InChI=1S/C13H18N2OS/c1-8-5-6-10-11(7-8)17-13(14-10)15-12(16)9-3-2-4-9/h8-9H,2-7H2,1H3,(H,14,15,16). The molecule has 0 aromatic carbocycles. The molecular formula is C13H18N2OS. The van der Waals surface area contributed by atoms with Crippen molar-refractivity contribution in [1.29, 1.82) is 0 Å². The van der Waals surface area contributed by atoms with Crippen LogP contribution in [0.4, 0.5) is 5.13 Å². The maximum atomic E-state index is 11.8. The summed E-state index contributed by atoms with van der Waals surface area (Å²) in [6.07, 6.45) is 6.73. The van der Waals surface area contributed by atoms with E-state index < -0.39 is 0 Å². The molecule has 0 saturated heterocycles. The summed E-state index contributed by atoms with van der Waals surface area (Å²) in [6.45, 7) is 2.29. The van der Waals surface area contributed by atoms with Gasteiger partial charge in [-0.3, -0.25) is 4.79 Å². The summed E-state index contributed by atoms with van der Waals surface area (Å²) in [5, 5.41) is 3.80. The number of amides is 1. The topological polar surface area (TPSA) is 42.0 Å². The van der Waals surface area contributed by atoms with Gasteiger partial charge in [0.1, 0.15) is 0 Å². The molecule has 3 rings (SSSR count). The molecule has 0 radical (unpaired) electrons. The predicted octanol–water partition coefficient (Wildman–Crippen LogP) is 3.01. The number of carbonyl (C=O) groups is 1. The molecule has 1 unspecified atom stereocenters. The average Bonchev–Trinajstić information content (AvgIpc) is 2.55. The molecule has 1 heterocycles. The molecule has 1 aromatic rings. The molecule has 0 spiro atoms. The number of carbonyl (C=O) groups excluding carboxylic acids is 1. The van der Waals surface area contributed by atoms with Crippen molar-refractivity contribution in [3.05, 3.63) is 10.6 Å². The van der Waals surface area contributed by atoms with E-state index in [1.54, 1.807) is 11.3 Å². The number of fused-ring (bicyclic) bond motifs is 1. The Morgan fingerprint density at radius 2 is 2.24 bits per heavy atom. The Labute approximate surface area is 106 Å². The van der Waals surface area contributed by atoms with Gasteiger partial charge >= 0.3 is 0 Å². The minimum Gasteiger partial charge on any atom is -0.302 e. The van der Waals surface area contributed by atoms with E-state index in [0.717, 1.165) is 36.7 Å². The maximum Gasteiger partial charge on any atom is 0.229 e. The van der Waals surface area contributed by atoms with Gasteiger partial charge in [0, 0.05) is 10.8 Å². The molecule has 1 N–H and O–H groups in total. The number of aromatic nitrogens is 1. The number of hydrogen-bond donors (Lipinski definition) is 1. The zero-order valence-corrected chi connectivity index (χ0v) is 11.0. The van der Waals surface area contributed by atoms with E-state index in [-0.39, 0.29) is 11.8 Å². The average molecular weight is 250 g/mol. The number of nitrogens with one attached hydrogen (secondary N) is 1. The molecule has 0 aliphatic heterocycles. The molecule has 2 aliphatic carbocycles. The van der Waals surface area contributed by atoms with E-state index in [2.05, 4.69) is 17.2 Å². The van der Waals surface area contributed by atoms with Gasteiger partial charge in [-0.2, -0.15) is 0 Å². The van der Waals surface area contributed by atoms with Gasteiger partial charge in [0.05, 0.1) is 5.69 Å². The van der Waals surface area contributed by atoms with Gasteiger partial charge in [0.2, 0.25) is 5.91 Å². The number of anilines is 1. The van der Waals surface area contributed by atoms with Crippen LogP contribution in [0.5, 0.6) is 0 Å². The number of nitrogens with zero attached hydrogens (tertiary/aromatic N) is 1. The number of aryl methyl sites for hydroxylation is 1. The van der Waals surface area contributed by atoms with Crippen LogP contribution in [0, 0.1) is 11.8 Å². The number of hydrogen-bond acceptors (Lipinski definition) is 3. The van der Waals surface area contributed by atoms with E-state index in [9.17, 15) is 4.79 Å². The summed E-state index contributed by atoms with van der Waals surface area (Å²) in [4.78, 5) is 17.8. The molecule has 0 bridgehead atoms. The highest BCUT2D eigenvalue weighted by molar-refractivity contribution is 7.15. The largest absolute Gasteiger partial charge is 0.302 e. The summed E-state index contributed by atoms with van der Waals surface area (Å²) >= 11 is 1.68. The van der Waals surface area contributed by atoms with Crippen molar-refractivity contribution in [2.24, 2.45) is 11.8 Å². The molecule has 1 aromatic heterocycles. The van der Waals surface area contributed by atoms with Crippen LogP contribution in [0.3, 0.4) is 0 Å². The molecule has 4 heteroatoms. The minimum atomic E-state index is 0.176. The highest BCUT2D eigenvalue weighted by atomic mass is 32.1. The van der Waals surface area contributed by atoms with Crippen molar-refractivity contribution in [3.63, 3.8) is 0 Å². The molecule has 3 nitrogen and oxygen atoms in total. The number of thiazole rings is 1. The fourth-order valence-corrected chi connectivity index (χ4v) is 3.65. The van der Waals surface area contributed by atoms with Crippen molar-refractivity contribution in [2.45, 2.75) is 45.4 Å². The van der Waals surface area contributed by atoms with E-state index in [1.165, 1.54) is 23.4 Å². The van der Waals surface area contributed by atoms with Crippen molar-refractivity contribution in [3.8, 4) is 0 Å². The van der Waals surface area contributed by atoms with Gasteiger partial charge in [-0.25, -0.2) is 4.98 Å². The van der Waals surface area contributed by atoms with Crippen LogP contribution in [0.2, 0.25) is 0 Å². The Morgan fingerprint density at radius 3 is 2.94 bits per heavy atom. The molecule has 1 fully saturated rings. The lowest BCUT2D eigenvalue weighted by Crippen LogP contribution is -2.27. The zero-order chi connectivity index (χ0) is 11.8. The van der Waals surface area contributed by atoms with E-state index in [0.29, 0.717) is 0 Å². The fourth-order valence-electron chi connectivity index (χ4n) is 2.47. The Kier molecular flexibility index (Phi) is 2.90. The summed E-state index contributed by atoms with van der Waals surface area (Å²) < 4.78 is 0. The Morgan fingerprint density at radius 1 is 1.41 bits per heavy atom. The van der Waals surface area contributed by atoms with Gasteiger partial charge in [0.25, 0.3) is 0 Å². The summed E-state index contributed by atoms with van der Waals surface area (Å²) in [5.74, 6) is 1.18. The van der Waals surface area contributed by atoms with Crippen LogP contribution in [0.1, 0.15) is 43.2 Å². The molecular weight excluding hydrogens is 232 g/mol. The van der Waals surface area contributed by atoms with Crippen LogP contribution < -0.4 is 5.32 Å². The van der Waals surface area contributed by atoms with Gasteiger partial charge in [-0.15, -0.1) is 11.3 Å². The molecule has 92 valence electrons. The fraction of sp³-hybridized carbons (Fsp3) is 0.692. The first-order chi connectivity index (χ1) is 8.22. The molecule has 1 saturated carbocycles. The Balaban J connectivity index is 1.69. The quantitative estimate of drug-likeness (QED) is 0.876. The molecule has 2 aliphatic rings. The van der Waals surface area contributed by atoms with Crippen molar-refractivity contribution in [2.75, 3.05) is 5.32 Å². The second-order valence-corrected chi connectivity index (χ2v) is 6.44. The van der Waals surface area contributed by atoms with Crippen LogP contribution >= 0.6 is 11.3 Å². The third kappa shape index (κ3) is 2.23. The maximum absolute atomic E-state index is 11.8. The highest BCUT2D eigenvalue weighted by Crippen LogP contribution is 2.33. The first-order valence-corrected chi connectivity index (χ1v) is 7.33. The lowest BCUT2D eigenvalue weighted by Gasteiger charge is -2.23. The summed E-state index contributed by atoms with van der Waals surface area (Å²) in [5.41, 5.74) is 1.22. The van der Waals surface area contributed by atoms with Crippen LogP contribution in [-0.2, 0) is 17.6 Å². The minimum absolute atomic E-state index is 0.176. The highest BCUT2D eigenvalue weighted by Gasteiger charge is 2.27. The van der Waals surface area contributed by atoms with Crippen LogP contribution in [-0.4, -0.2) is 10.9 Å². The number of rotatable bonds is 2. The predicted molar refractivity (Wildman–Crippen MR) is 69.3 cm³/mol. The zero-order valence-electron chi connectivity index (χ0n) is 10.2. The lowest BCUT2D eigenvalue weighted by molar-refractivity contribution is -0.122. The van der Waals surface area contributed by atoms with Crippen molar-refractivity contribution in [1.82, 2.24) is 4.98 Å². The molecule has 1 amide bonds. The SMILES string of the molecule is CC1CCc2nc(NC(=O)C3CCC3)sc2C1. The van der Waals surface area contributed by atoms with Gasteiger partial charge < -0.3 is 5.32 Å². The van der Waals surface area contributed by atoms with Gasteiger partial charge in [-0.05, 0) is 38.0 Å². The van der Waals surface area contributed by atoms with Crippen LogP contribution in [0.25, 0.3) is 0 Å². The first kappa shape index (κ1) is 11.2. The van der Waals surface area contributed by atoms with Crippen LogP contribution in [0.15, 0.2) is 0 Å². The van der Waals surface area contributed by atoms with Crippen molar-refractivity contribution >= 4 is 22.4 Å². The van der Waals surface area contributed by atoms with E-state index >= 15 is 0 Å². The Hall–Kier alpha value is -0.900. The van der Waals surface area contributed by atoms with Gasteiger partial charge in [-0.1, -0.05) is 13.3 Å².